The Kier molecular flexibility index (Phi) is 7.63. The van der Waals surface area contributed by atoms with E-state index in [1.54, 1.807) is 7.11 Å². The molecule has 1 rings (SSSR count). The maximum Gasteiger partial charge on any atom is 0.323 e. The van der Waals surface area contributed by atoms with Crippen LogP contribution in [0.3, 0.4) is 0 Å². The molecule has 0 spiro atoms. The predicted molar refractivity (Wildman–Crippen MR) is 84.6 cm³/mol. The maximum atomic E-state index is 11.7. The highest BCUT2D eigenvalue weighted by molar-refractivity contribution is 5.79. The molecule has 0 aromatic carbocycles. The van der Waals surface area contributed by atoms with Crippen molar-refractivity contribution in [3.63, 3.8) is 0 Å². The fourth-order valence-electron chi connectivity index (χ4n) is 3.69. The zero-order valence-electron chi connectivity index (χ0n) is 14.0. The van der Waals surface area contributed by atoms with Gasteiger partial charge in [0.2, 0.25) is 0 Å². The van der Waals surface area contributed by atoms with E-state index in [2.05, 4.69) is 24.1 Å². The second-order valence-corrected chi connectivity index (χ2v) is 6.02. The average Bonchev–Trinajstić information content (AvgIpc) is 2.89. The Morgan fingerprint density at radius 3 is 2.57 bits per heavy atom. The van der Waals surface area contributed by atoms with E-state index in [4.69, 9.17) is 4.74 Å². The summed E-state index contributed by atoms with van der Waals surface area (Å²) in [5.41, 5.74) is -0.739. The van der Waals surface area contributed by atoms with Gasteiger partial charge in [-0.15, -0.1) is 0 Å². The lowest BCUT2D eigenvalue weighted by atomic mass is 9.96. The van der Waals surface area contributed by atoms with Gasteiger partial charge < -0.3 is 15.2 Å². The number of hydrogen-bond acceptors (Lipinski definition) is 4. The van der Waals surface area contributed by atoms with Crippen molar-refractivity contribution < 1.29 is 14.6 Å². The van der Waals surface area contributed by atoms with Crippen molar-refractivity contribution in [1.29, 1.82) is 0 Å². The van der Waals surface area contributed by atoms with Crippen molar-refractivity contribution in [3.05, 3.63) is 0 Å². The fraction of sp³-hybridized carbons (Fsp3) is 0.938. The van der Waals surface area contributed by atoms with Gasteiger partial charge in [0.1, 0.15) is 5.54 Å². The molecule has 2 N–H and O–H groups in total. The highest BCUT2D eigenvalue weighted by Crippen LogP contribution is 2.35. The van der Waals surface area contributed by atoms with Crippen molar-refractivity contribution >= 4 is 5.97 Å². The van der Waals surface area contributed by atoms with Crippen molar-refractivity contribution in [1.82, 2.24) is 10.2 Å². The van der Waals surface area contributed by atoms with Crippen LogP contribution in [0.25, 0.3) is 0 Å². The minimum absolute atomic E-state index is 0.334. The van der Waals surface area contributed by atoms with E-state index in [1.165, 1.54) is 0 Å². The zero-order chi connectivity index (χ0) is 15.9. The lowest BCUT2D eigenvalue weighted by Gasteiger charge is -2.36. The Morgan fingerprint density at radius 1 is 1.43 bits per heavy atom. The van der Waals surface area contributed by atoms with E-state index >= 15 is 0 Å². The summed E-state index contributed by atoms with van der Waals surface area (Å²) in [6.07, 6.45) is 4.54. The summed E-state index contributed by atoms with van der Waals surface area (Å²) in [6.45, 7) is 8.67. The van der Waals surface area contributed by atoms with Crippen LogP contribution in [0, 0.1) is 0 Å². The summed E-state index contributed by atoms with van der Waals surface area (Å²) in [5, 5.41) is 12.8. The summed E-state index contributed by atoms with van der Waals surface area (Å²) < 4.78 is 5.24. The van der Waals surface area contributed by atoms with Gasteiger partial charge in [-0.1, -0.05) is 20.8 Å². The molecule has 2 atom stereocenters. The zero-order valence-corrected chi connectivity index (χ0v) is 14.0. The first kappa shape index (κ1) is 18.4. The molecule has 5 heteroatoms. The summed E-state index contributed by atoms with van der Waals surface area (Å²) in [6, 6.07) is 0.844. The Bertz CT molecular complexity index is 321. The topological polar surface area (TPSA) is 61.8 Å². The third-order valence-electron chi connectivity index (χ3n) is 4.85. The van der Waals surface area contributed by atoms with Crippen LogP contribution >= 0.6 is 0 Å². The Balaban J connectivity index is 2.82. The molecule has 0 saturated heterocycles. The van der Waals surface area contributed by atoms with E-state index in [-0.39, 0.29) is 0 Å². The second-order valence-electron chi connectivity index (χ2n) is 6.02. The van der Waals surface area contributed by atoms with E-state index in [9.17, 15) is 9.90 Å². The van der Waals surface area contributed by atoms with Crippen molar-refractivity contribution in [2.24, 2.45) is 0 Å². The van der Waals surface area contributed by atoms with Gasteiger partial charge in [-0.3, -0.25) is 9.69 Å². The van der Waals surface area contributed by atoms with Crippen LogP contribution in [-0.2, 0) is 9.53 Å². The molecular weight excluding hydrogens is 268 g/mol. The van der Waals surface area contributed by atoms with Gasteiger partial charge in [0.15, 0.2) is 0 Å². The molecule has 0 amide bonds. The van der Waals surface area contributed by atoms with Crippen LogP contribution in [0.1, 0.15) is 52.9 Å². The summed E-state index contributed by atoms with van der Waals surface area (Å²) in [7, 11) is 1.72. The maximum absolute atomic E-state index is 11.7. The Morgan fingerprint density at radius 2 is 2.10 bits per heavy atom. The number of nitrogens with one attached hydrogen (secondary N) is 1. The van der Waals surface area contributed by atoms with Gasteiger partial charge in [0.25, 0.3) is 0 Å². The van der Waals surface area contributed by atoms with Gasteiger partial charge in [-0.2, -0.15) is 0 Å². The van der Waals surface area contributed by atoms with E-state index in [1.807, 2.05) is 6.92 Å². The monoisotopic (exact) mass is 300 g/mol. The largest absolute Gasteiger partial charge is 0.480 e. The van der Waals surface area contributed by atoms with Gasteiger partial charge in [0.05, 0.1) is 6.61 Å². The Hall–Kier alpha value is -0.650. The molecule has 124 valence electrons. The first-order valence-corrected chi connectivity index (χ1v) is 8.27. The molecular formula is C16H32N2O3. The summed E-state index contributed by atoms with van der Waals surface area (Å²) in [5.74, 6) is -0.705. The minimum Gasteiger partial charge on any atom is -0.480 e. The molecule has 1 fully saturated rings. The smallest absolute Gasteiger partial charge is 0.323 e. The number of rotatable bonds is 10. The third-order valence-corrected chi connectivity index (χ3v) is 4.85. The molecule has 5 nitrogen and oxygen atoms in total. The number of hydrogen-bond donors (Lipinski definition) is 2. The second kappa shape index (κ2) is 8.71. The molecule has 0 heterocycles. The van der Waals surface area contributed by atoms with Crippen LogP contribution in [0.5, 0.6) is 0 Å². The number of carboxylic acid groups (broad SMARTS) is 1. The Labute approximate surface area is 129 Å². The molecule has 0 bridgehead atoms. The molecule has 21 heavy (non-hydrogen) atoms. The fourth-order valence-corrected chi connectivity index (χ4v) is 3.69. The summed E-state index contributed by atoms with van der Waals surface area (Å²) >= 11 is 0. The number of carbonyl (C=O) groups is 1. The van der Waals surface area contributed by atoms with Gasteiger partial charge >= 0.3 is 5.97 Å². The summed E-state index contributed by atoms with van der Waals surface area (Å²) in [4.78, 5) is 14.2. The molecule has 0 radical (unpaired) electrons. The predicted octanol–water partition coefficient (Wildman–Crippen LogP) is 2.11. The third kappa shape index (κ3) is 4.41. The quantitative estimate of drug-likeness (QED) is 0.647. The lowest BCUT2D eigenvalue weighted by molar-refractivity contribution is -0.144. The lowest BCUT2D eigenvalue weighted by Crippen LogP contribution is -2.52. The van der Waals surface area contributed by atoms with Gasteiger partial charge in [-0.25, -0.2) is 0 Å². The first-order valence-electron chi connectivity index (χ1n) is 8.27. The number of ether oxygens (including phenoxy) is 1. The van der Waals surface area contributed by atoms with Crippen LogP contribution < -0.4 is 5.32 Å². The number of likely N-dealkylation sites (N-methyl/N-ethyl adjacent to an activating group) is 1. The van der Waals surface area contributed by atoms with Gasteiger partial charge in [0, 0.05) is 25.7 Å². The van der Waals surface area contributed by atoms with Crippen molar-refractivity contribution in [3.8, 4) is 0 Å². The number of carboxylic acids is 1. The molecule has 1 aliphatic rings. The standard InChI is InChI=1S/C16H32N2O3/c1-5-13(6-2)18(10-11-21-4)14-8-9-16(12-14,15(19)20)17-7-3/h13-14,17H,5-12H2,1-4H3,(H,19,20). The van der Waals surface area contributed by atoms with Crippen LogP contribution in [0.4, 0.5) is 0 Å². The van der Waals surface area contributed by atoms with Crippen molar-refractivity contribution in [2.75, 3.05) is 26.8 Å². The van der Waals surface area contributed by atoms with E-state index < -0.39 is 11.5 Å². The minimum atomic E-state index is -0.739. The number of nitrogens with zero attached hydrogens (tertiary/aromatic N) is 1. The normalized spacial score (nSPS) is 25.9. The molecule has 0 aromatic rings. The van der Waals surface area contributed by atoms with Crippen LogP contribution in [-0.4, -0.2) is 60.4 Å². The molecule has 0 aromatic heterocycles. The molecule has 2 unspecified atom stereocenters. The van der Waals surface area contributed by atoms with E-state index in [0.717, 1.165) is 25.8 Å². The molecule has 1 aliphatic carbocycles. The highest BCUT2D eigenvalue weighted by atomic mass is 16.5. The number of aliphatic carboxylic acids is 1. The highest BCUT2D eigenvalue weighted by Gasteiger charge is 2.47. The van der Waals surface area contributed by atoms with Crippen molar-refractivity contribution in [2.45, 2.75) is 70.5 Å². The molecule has 0 aliphatic heterocycles. The van der Waals surface area contributed by atoms with Gasteiger partial charge in [-0.05, 0) is 38.6 Å². The number of methoxy groups -OCH3 is 1. The van der Waals surface area contributed by atoms with Crippen LogP contribution in [0.15, 0.2) is 0 Å². The van der Waals surface area contributed by atoms with E-state index in [0.29, 0.717) is 38.1 Å². The SMILES string of the molecule is CCNC1(C(=O)O)CCC(N(CCOC)C(CC)CC)C1. The molecule has 1 saturated carbocycles. The van der Waals surface area contributed by atoms with Crippen LogP contribution in [0.2, 0.25) is 0 Å². The average molecular weight is 300 g/mol. The first-order chi connectivity index (χ1) is 10.0.